The minimum Gasteiger partial charge on any atom is -0.394 e. The fraction of sp³-hybridized carbons (Fsp3) is 0.889. The van der Waals surface area contributed by atoms with E-state index in [0.717, 1.165) is 0 Å². The second-order valence-corrected chi connectivity index (χ2v) is 2.85. The lowest BCUT2D eigenvalue weighted by atomic mass is 10.6. The van der Waals surface area contributed by atoms with Gasteiger partial charge in [0, 0.05) is 6.54 Å². The van der Waals surface area contributed by atoms with E-state index < -0.39 is 6.03 Å². The molecule has 7 heteroatoms. The van der Waals surface area contributed by atoms with Crippen LogP contribution in [0.4, 0.5) is 4.79 Å². The molecule has 16 heavy (non-hydrogen) atoms. The summed E-state index contributed by atoms with van der Waals surface area (Å²) in [5, 5.41) is 10.8. The molecule has 0 radical (unpaired) electrons. The molecule has 96 valence electrons. The van der Waals surface area contributed by atoms with Gasteiger partial charge in [0.15, 0.2) is 0 Å². The Hall–Kier alpha value is -0.890. The van der Waals surface area contributed by atoms with Crippen molar-refractivity contribution in [2.75, 3.05) is 52.8 Å². The van der Waals surface area contributed by atoms with Crippen LogP contribution in [-0.4, -0.2) is 63.9 Å². The van der Waals surface area contributed by atoms with Crippen molar-refractivity contribution in [3.05, 3.63) is 0 Å². The number of amides is 2. The minimum absolute atomic E-state index is 0.0238. The lowest BCUT2D eigenvalue weighted by molar-refractivity contribution is 0.00844. The molecule has 0 atom stereocenters. The van der Waals surface area contributed by atoms with Crippen LogP contribution < -0.4 is 11.1 Å². The highest BCUT2D eigenvalue weighted by Gasteiger charge is 1.92. The molecule has 0 aliphatic rings. The predicted molar refractivity (Wildman–Crippen MR) is 57.1 cm³/mol. The number of urea groups is 1. The third-order valence-electron chi connectivity index (χ3n) is 1.53. The molecule has 0 aliphatic heterocycles. The molecule has 0 aromatic rings. The molecule has 0 unspecified atom stereocenters. The molecule has 0 spiro atoms. The summed E-state index contributed by atoms with van der Waals surface area (Å²) in [6.45, 7) is 3.03. The van der Waals surface area contributed by atoms with Gasteiger partial charge >= 0.3 is 6.03 Å². The molecule has 0 bridgehead atoms. The second-order valence-electron chi connectivity index (χ2n) is 2.85. The zero-order chi connectivity index (χ0) is 12.1. The van der Waals surface area contributed by atoms with Crippen LogP contribution in [0.1, 0.15) is 0 Å². The van der Waals surface area contributed by atoms with E-state index in [4.69, 9.17) is 25.1 Å². The lowest BCUT2D eigenvalue weighted by Gasteiger charge is -2.06. The van der Waals surface area contributed by atoms with Crippen LogP contribution in [0.15, 0.2) is 0 Å². The number of hydrogen-bond donors (Lipinski definition) is 3. The number of hydrogen-bond acceptors (Lipinski definition) is 5. The Morgan fingerprint density at radius 1 is 1.00 bits per heavy atom. The molecular formula is C9H20N2O5. The molecule has 2 amide bonds. The molecule has 7 nitrogen and oxygen atoms in total. The van der Waals surface area contributed by atoms with E-state index in [-0.39, 0.29) is 6.61 Å². The smallest absolute Gasteiger partial charge is 0.312 e. The first-order valence-corrected chi connectivity index (χ1v) is 5.14. The maximum Gasteiger partial charge on any atom is 0.312 e. The lowest BCUT2D eigenvalue weighted by Crippen LogP contribution is -2.32. The van der Waals surface area contributed by atoms with E-state index in [0.29, 0.717) is 46.2 Å². The number of carbonyl (C=O) groups is 1. The van der Waals surface area contributed by atoms with Crippen LogP contribution in [0.25, 0.3) is 0 Å². The van der Waals surface area contributed by atoms with E-state index in [1.54, 1.807) is 0 Å². The van der Waals surface area contributed by atoms with Crippen LogP contribution >= 0.6 is 0 Å². The van der Waals surface area contributed by atoms with Gasteiger partial charge in [0.25, 0.3) is 0 Å². The van der Waals surface area contributed by atoms with E-state index in [9.17, 15) is 4.79 Å². The molecule has 0 saturated carbocycles. The quantitative estimate of drug-likeness (QED) is 0.387. The van der Waals surface area contributed by atoms with Crippen LogP contribution in [-0.2, 0) is 14.2 Å². The van der Waals surface area contributed by atoms with E-state index in [1.807, 2.05) is 0 Å². The van der Waals surface area contributed by atoms with E-state index in [1.165, 1.54) is 0 Å². The molecule has 0 saturated heterocycles. The number of primary amides is 1. The van der Waals surface area contributed by atoms with Crippen molar-refractivity contribution in [2.24, 2.45) is 5.73 Å². The van der Waals surface area contributed by atoms with Crippen LogP contribution in [0, 0.1) is 0 Å². The molecule has 0 heterocycles. The summed E-state index contributed by atoms with van der Waals surface area (Å²) in [7, 11) is 0. The van der Waals surface area contributed by atoms with Crippen LogP contribution in [0.5, 0.6) is 0 Å². The minimum atomic E-state index is -0.555. The molecule has 0 aromatic carbocycles. The zero-order valence-corrected chi connectivity index (χ0v) is 9.31. The Morgan fingerprint density at radius 2 is 1.50 bits per heavy atom. The highest BCUT2D eigenvalue weighted by atomic mass is 16.5. The topological polar surface area (TPSA) is 103 Å². The fourth-order valence-corrected chi connectivity index (χ4v) is 0.853. The number of aliphatic hydroxyl groups is 1. The van der Waals surface area contributed by atoms with Crippen molar-refractivity contribution in [1.29, 1.82) is 0 Å². The molecule has 0 rings (SSSR count). The third kappa shape index (κ3) is 13.1. The summed E-state index contributed by atoms with van der Waals surface area (Å²) < 4.78 is 15.3. The molecule has 0 fully saturated rings. The number of ether oxygens (including phenoxy) is 3. The Bertz CT molecular complexity index is 168. The van der Waals surface area contributed by atoms with Crippen molar-refractivity contribution in [3.63, 3.8) is 0 Å². The van der Waals surface area contributed by atoms with E-state index >= 15 is 0 Å². The first kappa shape index (κ1) is 15.1. The van der Waals surface area contributed by atoms with Crippen molar-refractivity contribution in [2.45, 2.75) is 0 Å². The van der Waals surface area contributed by atoms with Crippen molar-refractivity contribution < 1.29 is 24.1 Å². The standard InChI is InChI=1S/C9H20N2O5/c10-9(13)11-1-3-14-5-7-16-8-6-15-4-2-12/h12H,1-8H2,(H3,10,11,13). The number of rotatable bonds is 11. The summed E-state index contributed by atoms with van der Waals surface area (Å²) in [5.41, 5.74) is 4.85. The SMILES string of the molecule is NC(=O)NCCOCCOCCOCCO. The Kier molecular flexibility index (Phi) is 11.5. The number of aliphatic hydroxyl groups excluding tert-OH is 1. The fourth-order valence-electron chi connectivity index (χ4n) is 0.853. The zero-order valence-electron chi connectivity index (χ0n) is 9.31. The van der Waals surface area contributed by atoms with Gasteiger partial charge in [-0.05, 0) is 0 Å². The Labute approximate surface area is 94.8 Å². The first-order chi connectivity index (χ1) is 7.77. The largest absolute Gasteiger partial charge is 0.394 e. The summed E-state index contributed by atoms with van der Waals surface area (Å²) in [6.07, 6.45) is 0. The van der Waals surface area contributed by atoms with Crippen molar-refractivity contribution in [1.82, 2.24) is 5.32 Å². The monoisotopic (exact) mass is 236 g/mol. The molecule has 4 N–H and O–H groups in total. The summed E-state index contributed by atoms with van der Waals surface area (Å²) in [5.74, 6) is 0. The average Bonchev–Trinajstić information content (AvgIpc) is 2.25. The normalized spacial score (nSPS) is 10.3. The number of nitrogens with one attached hydrogen (secondary N) is 1. The van der Waals surface area contributed by atoms with Gasteiger partial charge in [0.05, 0.1) is 46.2 Å². The van der Waals surface area contributed by atoms with Gasteiger partial charge < -0.3 is 30.4 Å². The Morgan fingerprint density at radius 3 is 2.00 bits per heavy atom. The molecular weight excluding hydrogens is 216 g/mol. The highest BCUT2D eigenvalue weighted by molar-refractivity contribution is 5.71. The van der Waals surface area contributed by atoms with Gasteiger partial charge in [0.2, 0.25) is 0 Å². The predicted octanol–water partition coefficient (Wildman–Crippen LogP) is -1.30. The maximum atomic E-state index is 10.3. The first-order valence-electron chi connectivity index (χ1n) is 5.14. The van der Waals surface area contributed by atoms with Gasteiger partial charge in [-0.3, -0.25) is 0 Å². The van der Waals surface area contributed by atoms with Gasteiger partial charge in [-0.1, -0.05) is 0 Å². The van der Waals surface area contributed by atoms with E-state index in [2.05, 4.69) is 5.32 Å². The summed E-state index contributed by atoms with van der Waals surface area (Å²) in [6, 6.07) is -0.555. The van der Waals surface area contributed by atoms with Gasteiger partial charge in [0.1, 0.15) is 0 Å². The second kappa shape index (κ2) is 12.2. The summed E-state index contributed by atoms with van der Waals surface area (Å²) in [4.78, 5) is 10.3. The molecule has 0 aromatic heterocycles. The van der Waals surface area contributed by atoms with Gasteiger partial charge in [-0.2, -0.15) is 0 Å². The van der Waals surface area contributed by atoms with Crippen molar-refractivity contribution in [3.8, 4) is 0 Å². The summed E-state index contributed by atoms with van der Waals surface area (Å²) >= 11 is 0. The highest BCUT2D eigenvalue weighted by Crippen LogP contribution is 1.80. The maximum absolute atomic E-state index is 10.3. The van der Waals surface area contributed by atoms with Crippen molar-refractivity contribution >= 4 is 6.03 Å². The Balaban J connectivity index is 2.90. The van der Waals surface area contributed by atoms with Crippen LogP contribution in [0.2, 0.25) is 0 Å². The third-order valence-corrected chi connectivity index (χ3v) is 1.53. The van der Waals surface area contributed by atoms with Gasteiger partial charge in [-0.25, -0.2) is 4.79 Å². The molecule has 0 aliphatic carbocycles. The average molecular weight is 236 g/mol. The van der Waals surface area contributed by atoms with Crippen LogP contribution in [0.3, 0.4) is 0 Å². The number of nitrogens with two attached hydrogens (primary N) is 1. The van der Waals surface area contributed by atoms with Gasteiger partial charge in [-0.15, -0.1) is 0 Å². The number of carbonyl (C=O) groups excluding carboxylic acids is 1.